The van der Waals surface area contributed by atoms with Gasteiger partial charge in [0.15, 0.2) is 0 Å². The van der Waals surface area contributed by atoms with Gasteiger partial charge in [0.1, 0.15) is 5.82 Å². The maximum absolute atomic E-state index is 13.8. The third-order valence-corrected chi connectivity index (χ3v) is 5.57. The van der Waals surface area contributed by atoms with Gasteiger partial charge in [-0.05, 0) is 68.0 Å². The molecule has 3 nitrogen and oxygen atoms in total. The van der Waals surface area contributed by atoms with E-state index in [2.05, 4.69) is 5.32 Å². The highest BCUT2D eigenvalue weighted by Gasteiger charge is 2.42. The second-order valence-corrected chi connectivity index (χ2v) is 7.68. The van der Waals surface area contributed by atoms with Gasteiger partial charge in [-0.3, -0.25) is 4.79 Å². The Labute approximate surface area is 164 Å². The number of amides is 1. The van der Waals surface area contributed by atoms with Crippen molar-refractivity contribution in [3.05, 3.63) is 70.5 Å². The molecule has 27 heavy (non-hydrogen) atoms. The van der Waals surface area contributed by atoms with Crippen molar-refractivity contribution in [2.24, 2.45) is 0 Å². The minimum atomic E-state index is -0.727. The molecule has 0 aliphatic carbocycles. The number of hydrogen-bond acceptors (Lipinski definition) is 2. The minimum absolute atomic E-state index is 0.0152. The number of carbonyl (C=O) groups excluding carboxylic acids is 1. The first-order chi connectivity index (χ1) is 13.0. The smallest absolute Gasteiger partial charge is 0.231 e. The number of nitrogens with one attached hydrogen (secondary N) is 1. The molecule has 2 aromatic rings. The first-order valence-corrected chi connectivity index (χ1v) is 9.77. The van der Waals surface area contributed by atoms with Crippen molar-refractivity contribution >= 4 is 17.5 Å². The Morgan fingerprint density at radius 1 is 1.22 bits per heavy atom. The number of hydrogen-bond donors (Lipinski definition) is 1. The van der Waals surface area contributed by atoms with E-state index in [1.807, 2.05) is 37.3 Å². The summed E-state index contributed by atoms with van der Waals surface area (Å²) < 4.78 is 19.2. The van der Waals surface area contributed by atoms with E-state index in [9.17, 15) is 9.18 Å². The molecule has 144 valence electrons. The van der Waals surface area contributed by atoms with Gasteiger partial charge >= 0.3 is 0 Å². The lowest BCUT2D eigenvalue weighted by molar-refractivity contribution is -0.131. The number of benzene rings is 2. The van der Waals surface area contributed by atoms with Gasteiger partial charge in [-0.2, -0.15) is 0 Å². The molecule has 1 saturated heterocycles. The highest BCUT2D eigenvalue weighted by molar-refractivity contribution is 6.30. The molecule has 0 unspecified atom stereocenters. The molecule has 1 heterocycles. The molecule has 1 fully saturated rings. The van der Waals surface area contributed by atoms with E-state index < -0.39 is 5.41 Å². The molecule has 0 bridgehead atoms. The van der Waals surface area contributed by atoms with Gasteiger partial charge in [0.2, 0.25) is 5.91 Å². The maximum atomic E-state index is 13.8. The first-order valence-electron chi connectivity index (χ1n) is 9.39. The fourth-order valence-electron chi connectivity index (χ4n) is 3.62. The van der Waals surface area contributed by atoms with Gasteiger partial charge in [0, 0.05) is 24.3 Å². The fourth-order valence-corrected chi connectivity index (χ4v) is 3.75. The zero-order chi connectivity index (χ0) is 19.3. The summed E-state index contributed by atoms with van der Waals surface area (Å²) in [5.41, 5.74) is 1.19. The minimum Gasteiger partial charge on any atom is -0.381 e. The monoisotopic (exact) mass is 389 g/mol. The Balaban J connectivity index is 1.68. The molecule has 1 aliphatic heterocycles. The number of halogens is 2. The summed E-state index contributed by atoms with van der Waals surface area (Å²) >= 11 is 5.92. The molecule has 0 saturated carbocycles. The Morgan fingerprint density at radius 3 is 2.59 bits per heavy atom. The van der Waals surface area contributed by atoms with Gasteiger partial charge in [0.05, 0.1) is 5.41 Å². The van der Waals surface area contributed by atoms with E-state index in [0.717, 1.165) is 23.4 Å². The molecular weight excluding hydrogens is 365 g/mol. The maximum Gasteiger partial charge on any atom is 0.231 e. The average molecular weight is 390 g/mol. The van der Waals surface area contributed by atoms with Crippen LogP contribution < -0.4 is 5.32 Å². The van der Waals surface area contributed by atoms with E-state index >= 15 is 0 Å². The van der Waals surface area contributed by atoms with Gasteiger partial charge < -0.3 is 10.1 Å². The zero-order valence-corrected chi connectivity index (χ0v) is 16.3. The van der Waals surface area contributed by atoms with Crippen molar-refractivity contribution in [2.45, 2.75) is 44.1 Å². The van der Waals surface area contributed by atoms with Crippen molar-refractivity contribution < 1.29 is 13.9 Å². The van der Waals surface area contributed by atoms with Crippen molar-refractivity contribution in [2.75, 3.05) is 13.2 Å². The third kappa shape index (κ3) is 4.88. The summed E-state index contributed by atoms with van der Waals surface area (Å²) in [7, 11) is 0. The van der Waals surface area contributed by atoms with E-state index in [1.165, 1.54) is 17.7 Å². The van der Waals surface area contributed by atoms with E-state index in [4.69, 9.17) is 16.3 Å². The molecule has 0 spiro atoms. The predicted molar refractivity (Wildman–Crippen MR) is 106 cm³/mol. The van der Waals surface area contributed by atoms with Crippen LogP contribution in [0.4, 0.5) is 4.39 Å². The van der Waals surface area contributed by atoms with Crippen LogP contribution in [-0.4, -0.2) is 25.2 Å². The molecule has 1 aliphatic rings. The summed E-state index contributed by atoms with van der Waals surface area (Å²) in [6.07, 6.45) is 2.80. The number of carbonyl (C=O) groups is 1. The molecule has 1 atom stereocenters. The lowest BCUT2D eigenvalue weighted by atomic mass is 9.73. The summed E-state index contributed by atoms with van der Waals surface area (Å²) in [4.78, 5) is 13.2. The van der Waals surface area contributed by atoms with Crippen LogP contribution >= 0.6 is 11.6 Å². The van der Waals surface area contributed by atoms with E-state index in [1.54, 1.807) is 6.07 Å². The van der Waals surface area contributed by atoms with Crippen LogP contribution in [0, 0.1) is 5.82 Å². The summed E-state index contributed by atoms with van der Waals surface area (Å²) in [6, 6.07) is 14.2. The molecule has 5 heteroatoms. The van der Waals surface area contributed by atoms with Crippen LogP contribution in [0.3, 0.4) is 0 Å². The SMILES string of the molecule is C[C@H](CCc1ccc(Cl)cc1)NC(=O)C1(c2cccc(F)c2)CCOCC1. The molecule has 0 aromatic heterocycles. The second kappa shape index (κ2) is 8.85. The van der Waals surface area contributed by atoms with Crippen LogP contribution in [0.15, 0.2) is 48.5 Å². The fraction of sp³-hybridized carbons (Fsp3) is 0.409. The standard InChI is InChI=1S/C22H25ClFNO2/c1-16(5-6-17-7-9-19(23)10-8-17)25-21(26)22(11-13-27-14-12-22)18-3-2-4-20(24)15-18/h2-4,7-10,15-16H,5-6,11-14H2,1H3,(H,25,26)/t16-/m1/s1. The summed E-state index contributed by atoms with van der Waals surface area (Å²) in [5.74, 6) is -0.359. The van der Waals surface area contributed by atoms with E-state index in [-0.39, 0.29) is 17.8 Å². The molecular formula is C22H25ClFNO2. The third-order valence-electron chi connectivity index (χ3n) is 5.31. The lowest BCUT2D eigenvalue weighted by Crippen LogP contribution is -2.50. The quantitative estimate of drug-likeness (QED) is 0.780. The van der Waals surface area contributed by atoms with Crippen molar-refractivity contribution in [1.82, 2.24) is 5.32 Å². The predicted octanol–water partition coefficient (Wildman–Crippen LogP) is 4.66. The molecule has 0 radical (unpaired) electrons. The van der Waals surface area contributed by atoms with Crippen molar-refractivity contribution in [1.29, 1.82) is 0 Å². The Hall–Kier alpha value is -1.91. The normalized spacial score (nSPS) is 17.3. The highest BCUT2D eigenvalue weighted by Crippen LogP contribution is 2.35. The van der Waals surface area contributed by atoms with Crippen LogP contribution in [-0.2, 0) is 21.4 Å². The van der Waals surface area contributed by atoms with Gasteiger partial charge in [-0.1, -0.05) is 35.9 Å². The van der Waals surface area contributed by atoms with Crippen LogP contribution in [0.25, 0.3) is 0 Å². The highest BCUT2D eigenvalue weighted by atomic mass is 35.5. The van der Waals surface area contributed by atoms with Crippen LogP contribution in [0.2, 0.25) is 5.02 Å². The molecule has 2 aromatic carbocycles. The van der Waals surface area contributed by atoms with Crippen LogP contribution in [0.5, 0.6) is 0 Å². The Bertz CT molecular complexity index is 772. The Morgan fingerprint density at radius 2 is 1.93 bits per heavy atom. The van der Waals surface area contributed by atoms with E-state index in [0.29, 0.717) is 26.1 Å². The Kier molecular flexibility index (Phi) is 6.51. The van der Waals surface area contributed by atoms with Crippen LogP contribution in [0.1, 0.15) is 37.3 Å². The topological polar surface area (TPSA) is 38.3 Å². The number of rotatable bonds is 6. The molecule has 3 rings (SSSR count). The van der Waals surface area contributed by atoms with Crippen molar-refractivity contribution in [3.8, 4) is 0 Å². The largest absolute Gasteiger partial charge is 0.381 e. The first kappa shape index (κ1) is 19.8. The molecule has 1 amide bonds. The summed E-state index contributed by atoms with van der Waals surface area (Å²) in [6.45, 7) is 3.01. The van der Waals surface area contributed by atoms with Crippen molar-refractivity contribution in [3.63, 3.8) is 0 Å². The average Bonchev–Trinajstić information content (AvgIpc) is 2.68. The second-order valence-electron chi connectivity index (χ2n) is 7.24. The summed E-state index contributed by atoms with van der Waals surface area (Å²) in [5, 5.41) is 3.87. The number of aryl methyl sites for hydroxylation is 1. The molecule has 1 N–H and O–H groups in total. The van der Waals surface area contributed by atoms with Gasteiger partial charge in [-0.25, -0.2) is 4.39 Å². The van der Waals surface area contributed by atoms with Gasteiger partial charge in [0.25, 0.3) is 0 Å². The lowest BCUT2D eigenvalue weighted by Gasteiger charge is -2.37. The number of ether oxygens (including phenoxy) is 1. The zero-order valence-electron chi connectivity index (χ0n) is 15.5. The van der Waals surface area contributed by atoms with Gasteiger partial charge in [-0.15, -0.1) is 0 Å².